The van der Waals surface area contributed by atoms with Gasteiger partial charge in [-0.1, -0.05) is 12.1 Å². The van der Waals surface area contributed by atoms with Crippen LogP contribution in [0.2, 0.25) is 0 Å². The summed E-state index contributed by atoms with van der Waals surface area (Å²) in [5.41, 5.74) is 6.13. The van der Waals surface area contributed by atoms with Crippen molar-refractivity contribution in [2.75, 3.05) is 13.2 Å². The Hall–Kier alpha value is -1.26. The van der Waals surface area contributed by atoms with Gasteiger partial charge in [0.15, 0.2) is 11.5 Å². The first-order valence-corrected chi connectivity index (χ1v) is 7.69. The van der Waals surface area contributed by atoms with Gasteiger partial charge in [0, 0.05) is 24.7 Å². The Kier molecular flexibility index (Phi) is 3.08. The number of ether oxygens (including phenoxy) is 2. The maximum atomic E-state index is 6.13. The molecule has 20 heavy (non-hydrogen) atoms. The van der Waals surface area contributed by atoms with Crippen LogP contribution in [0.5, 0.6) is 11.5 Å². The lowest BCUT2D eigenvalue weighted by atomic mass is 9.98. The van der Waals surface area contributed by atoms with Gasteiger partial charge < -0.3 is 15.2 Å². The monoisotopic (exact) mass is 274 g/mol. The van der Waals surface area contributed by atoms with Crippen LogP contribution >= 0.6 is 0 Å². The van der Waals surface area contributed by atoms with E-state index in [-0.39, 0.29) is 6.10 Å². The summed E-state index contributed by atoms with van der Waals surface area (Å²) in [5.74, 6) is 1.75. The molecule has 4 rings (SSSR count). The molecular formula is C16H22N2O2. The molecule has 3 heterocycles. The predicted molar refractivity (Wildman–Crippen MR) is 77.1 cm³/mol. The van der Waals surface area contributed by atoms with Crippen LogP contribution in [0, 0.1) is 0 Å². The largest absolute Gasteiger partial charge is 0.486 e. The van der Waals surface area contributed by atoms with Crippen molar-refractivity contribution in [3.8, 4) is 11.5 Å². The first-order chi connectivity index (χ1) is 9.79. The Balaban J connectivity index is 1.44. The van der Waals surface area contributed by atoms with E-state index >= 15 is 0 Å². The molecule has 2 saturated heterocycles. The zero-order valence-corrected chi connectivity index (χ0v) is 11.7. The molecule has 2 N–H and O–H groups in total. The molecule has 1 aromatic carbocycles. The van der Waals surface area contributed by atoms with Crippen LogP contribution in [0.1, 0.15) is 25.7 Å². The first-order valence-electron chi connectivity index (χ1n) is 7.69. The van der Waals surface area contributed by atoms with E-state index in [2.05, 4.69) is 4.90 Å². The molecule has 0 amide bonds. The summed E-state index contributed by atoms with van der Waals surface area (Å²) in [6, 6.07) is 9.64. The molecule has 108 valence electrons. The number of benzene rings is 1. The standard InChI is InChI=1S/C16H22N2O2/c17-11-7-12-5-6-13(8-11)18(12)9-14-10-19-15-3-1-2-4-16(15)20-14/h1-4,11-14H,5-10,17H2. The fraction of sp³-hybridized carbons (Fsp3) is 0.625. The highest BCUT2D eigenvalue weighted by Crippen LogP contribution is 2.36. The Morgan fingerprint density at radius 2 is 1.80 bits per heavy atom. The fourth-order valence-electron chi connectivity index (χ4n) is 4.00. The highest BCUT2D eigenvalue weighted by molar-refractivity contribution is 5.40. The molecule has 2 fully saturated rings. The van der Waals surface area contributed by atoms with Gasteiger partial charge >= 0.3 is 0 Å². The van der Waals surface area contributed by atoms with E-state index in [0.717, 1.165) is 30.9 Å². The van der Waals surface area contributed by atoms with Gasteiger partial charge in [-0.25, -0.2) is 0 Å². The molecule has 4 heteroatoms. The van der Waals surface area contributed by atoms with Crippen molar-refractivity contribution < 1.29 is 9.47 Å². The van der Waals surface area contributed by atoms with Crippen LogP contribution in [0.15, 0.2) is 24.3 Å². The van der Waals surface area contributed by atoms with Gasteiger partial charge in [-0.15, -0.1) is 0 Å². The van der Waals surface area contributed by atoms with Gasteiger partial charge in [0.2, 0.25) is 0 Å². The number of fused-ring (bicyclic) bond motifs is 3. The summed E-state index contributed by atoms with van der Waals surface area (Å²) in [6.07, 6.45) is 5.01. The number of nitrogens with zero attached hydrogens (tertiary/aromatic N) is 1. The number of nitrogens with two attached hydrogens (primary N) is 1. The third-order valence-corrected chi connectivity index (χ3v) is 4.90. The van der Waals surface area contributed by atoms with Crippen LogP contribution in [0.3, 0.4) is 0 Å². The van der Waals surface area contributed by atoms with Crippen molar-refractivity contribution in [3.63, 3.8) is 0 Å². The molecule has 4 nitrogen and oxygen atoms in total. The lowest BCUT2D eigenvalue weighted by Crippen LogP contribution is -2.52. The Morgan fingerprint density at radius 1 is 1.10 bits per heavy atom. The Morgan fingerprint density at radius 3 is 2.55 bits per heavy atom. The summed E-state index contributed by atoms with van der Waals surface area (Å²) in [7, 11) is 0. The lowest BCUT2D eigenvalue weighted by Gasteiger charge is -2.40. The van der Waals surface area contributed by atoms with Gasteiger partial charge in [0.25, 0.3) is 0 Å². The topological polar surface area (TPSA) is 47.7 Å². The molecular weight excluding hydrogens is 252 g/mol. The van der Waals surface area contributed by atoms with Crippen LogP contribution in [-0.4, -0.2) is 42.3 Å². The minimum atomic E-state index is 0.141. The number of rotatable bonds is 2. The smallest absolute Gasteiger partial charge is 0.161 e. The minimum Gasteiger partial charge on any atom is -0.486 e. The average molecular weight is 274 g/mol. The molecule has 2 bridgehead atoms. The summed E-state index contributed by atoms with van der Waals surface area (Å²) < 4.78 is 11.9. The van der Waals surface area contributed by atoms with E-state index in [1.165, 1.54) is 12.8 Å². The zero-order valence-electron chi connectivity index (χ0n) is 11.7. The second-order valence-corrected chi connectivity index (χ2v) is 6.31. The highest BCUT2D eigenvalue weighted by Gasteiger charge is 2.41. The Bertz CT molecular complexity index is 479. The number of para-hydroxylation sites is 2. The molecule has 0 saturated carbocycles. The SMILES string of the molecule is NC1CC2CCC(C1)N2CC1COc2ccccc2O1. The maximum absolute atomic E-state index is 6.13. The zero-order chi connectivity index (χ0) is 13.5. The maximum Gasteiger partial charge on any atom is 0.161 e. The second-order valence-electron chi connectivity index (χ2n) is 6.31. The molecule has 0 spiro atoms. The lowest BCUT2D eigenvalue weighted by molar-refractivity contribution is 0.0279. The molecule has 3 unspecified atom stereocenters. The minimum absolute atomic E-state index is 0.141. The van der Waals surface area contributed by atoms with Gasteiger partial charge in [-0.05, 0) is 37.8 Å². The van der Waals surface area contributed by atoms with Crippen LogP contribution in [-0.2, 0) is 0 Å². The van der Waals surface area contributed by atoms with E-state index < -0.39 is 0 Å². The number of piperidine rings is 1. The number of hydrogen-bond donors (Lipinski definition) is 1. The summed E-state index contributed by atoms with van der Waals surface area (Å²) in [6.45, 7) is 1.62. The van der Waals surface area contributed by atoms with Crippen molar-refractivity contribution in [2.24, 2.45) is 5.73 Å². The van der Waals surface area contributed by atoms with Crippen molar-refractivity contribution >= 4 is 0 Å². The van der Waals surface area contributed by atoms with Gasteiger partial charge in [0.1, 0.15) is 12.7 Å². The van der Waals surface area contributed by atoms with E-state index in [9.17, 15) is 0 Å². The summed E-state index contributed by atoms with van der Waals surface area (Å²) in [4.78, 5) is 2.62. The summed E-state index contributed by atoms with van der Waals surface area (Å²) >= 11 is 0. The van der Waals surface area contributed by atoms with E-state index in [4.69, 9.17) is 15.2 Å². The van der Waals surface area contributed by atoms with Gasteiger partial charge in [-0.2, -0.15) is 0 Å². The van der Waals surface area contributed by atoms with E-state index in [0.29, 0.717) is 24.7 Å². The predicted octanol–water partition coefficient (Wildman–Crippen LogP) is 1.78. The van der Waals surface area contributed by atoms with Crippen LogP contribution < -0.4 is 15.2 Å². The third kappa shape index (κ3) is 2.17. The molecule has 1 aromatic rings. The molecule has 0 radical (unpaired) electrons. The Labute approximate surface area is 119 Å². The average Bonchev–Trinajstić information content (AvgIpc) is 2.70. The normalized spacial score (nSPS) is 36.0. The van der Waals surface area contributed by atoms with Crippen LogP contribution in [0.25, 0.3) is 0 Å². The van der Waals surface area contributed by atoms with Gasteiger partial charge in [0.05, 0.1) is 0 Å². The summed E-state index contributed by atoms with van der Waals surface area (Å²) in [5, 5.41) is 0. The van der Waals surface area contributed by atoms with E-state index in [1.54, 1.807) is 0 Å². The van der Waals surface area contributed by atoms with Crippen molar-refractivity contribution in [1.82, 2.24) is 4.90 Å². The van der Waals surface area contributed by atoms with Crippen molar-refractivity contribution in [3.05, 3.63) is 24.3 Å². The third-order valence-electron chi connectivity index (χ3n) is 4.90. The molecule has 0 aromatic heterocycles. The van der Waals surface area contributed by atoms with Crippen LogP contribution in [0.4, 0.5) is 0 Å². The molecule has 3 atom stereocenters. The first kappa shape index (κ1) is 12.5. The van der Waals surface area contributed by atoms with Crippen molar-refractivity contribution in [1.29, 1.82) is 0 Å². The molecule has 3 aliphatic rings. The van der Waals surface area contributed by atoms with E-state index in [1.807, 2.05) is 24.3 Å². The highest BCUT2D eigenvalue weighted by atomic mass is 16.6. The van der Waals surface area contributed by atoms with Crippen molar-refractivity contribution in [2.45, 2.75) is 49.9 Å². The number of hydrogen-bond acceptors (Lipinski definition) is 4. The van der Waals surface area contributed by atoms with Gasteiger partial charge in [-0.3, -0.25) is 4.90 Å². The molecule has 3 aliphatic heterocycles. The quantitative estimate of drug-likeness (QED) is 0.893. The fourth-order valence-corrected chi connectivity index (χ4v) is 4.00. The molecule has 0 aliphatic carbocycles. The second kappa shape index (κ2) is 4.93.